The molecule has 0 bridgehead atoms. The number of nitrogens with zero attached hydrogens (tertiary/aromatic N) is 1. The Kier molecular flexibility index (Phi) is 1.83. The first-order valence-electron chi connectivity index (χ1n) is 5.56. The van der Waals surface area contributed by atoms with E-state index in [2.05, 4.69) is 35.7 Å². The molecule has 0 aromatic heterocycles. The topological polar surface area (TPSA) is 35.8 Å². The van der Waals surface area contributed by atoms with E-state index in [9.17, 15) is 0 Å². The summed E-state index contributed by atoms with van der Waals surface area (Å²) in [7, 11) is 0. The molecule has 0 radical (unpaired) electrons. The predicted octanol–water partition coefficient (Wildman–Crippen LogP) is 1.93. The van der Waals surface area contributed by atoms with Crippen LogP contribution < -0.4 is 5.32 Å². The summed E-state index contributed by atoms with van der Waals surface area (Å²) in [6.45, 7) is 2.20. The zero-order chi connectivity index (χ0) is 10.3. The van der Waals surface area contributed by atoms with Crippen LogP contribution in [0.4, 0.5) is 0 Å². The molecule has 2 aliphatic rings. The zero-order valence-electron chi connectivity index (χ0n) is 8.66. The van der Waals surface area contributed by atoms with E-state index >= 15 is 0 Å². The third kappa shape index (κ3) is 1.35. The molecule has 0 atom stereocenters. The summed E-state index contributed by atoms with van der Waals surface area (Å²) in [5.41, 5.74) is 2.49. The number of nitriles is 1. The van der Waals surface area contributed by atoms with Crippen LogP contribution in [0.25, 0.3) is 0 Å². The molecule has 0 unspecified atom stereocenters. The first-order chi connectivity index (χ1) is 7.34. The van der Waals surface area contributed by atoms with Gasteiger partial charge in [-0.3, -0.25) is 0 Å². The fraction of sp³-hybridized carbons (Fsp3) is 0.462. The molecule has 1 saturated heterocycles. The number of hydrogen-bond donors (Lipinski definition) is 1. The quantitative estimate of drug-likeness (QED) is 0.788. The molecule has 1 saturated carbocycles. The van der Waals surface area contributed by atoms with Gasteiger partial charge in [0.05, 0.1) is 11.5 Å². The minimum absolute atomic E-state index is 0.129. The summed E-state index contributed by atoms with van der Waals surface area (Å²) in [4.78, 5) is 0. The third-order valence-electron chi connectivity index (χ3n) is 3.68. The van der Waals surface area contributed by atoms with Crippen LogP contribution in [0.5, 0.6) is 0 Å². The van der Waals surface area contributed by atoms with Gasteiger partial charge in [-0.2, -0.15) is 5.26 Å². The second-order valence-electron chi connectivity index (χ2n) is 4.67. The summed E-state index contributed by atoms with van der Waals surface area (Å²) in [6, 6.07) is 11.1. The van der Waals surface area contributed by atoms with E-state index in [-0.39, 0.29) is 5.41 Å². The van der Waals surface area contributed by atoms with Crippen molar-refractivity contribution in [2.45, 2.75) is 24.2 Å². The first-order valence-corrected chi connectivity index (χ1v) is 5.56. The van der Waals surface area contributed by atoms with Gasteiger partial charge in [-0.05, 0) is 24.0 Å². The van der Waals surface area contributed by atoms with Gasteiger partial charge in [-0.25, -0.2) is 0 Å². The number of rotatable bonds is 2. The Balaban J connectivity index is 1.85. The molecule has 2 heteroatoms. The van der Waals surface area contributed by atoms with Crippen LogP contribution >= 0.6 is 0 Å². The average Bonchev–Trinajstić information content (AvgIpc) is 2.97. The summed E-state index contributed by atoms with van der Waals surface area (Å²) >= 11 is 0. The SMILES string of the molecule is N#CC1(c2ccc(C3CNC3)cc2)CC1. The lowest BCUT2D eigenvalue weighted by Gasteiger charge is -2.27. The zero-order valence-corrected chi connectivity index (χ0v) is 8.66. The highest BCUT2D eigenvalue weighted by Gasteiger charge is 2.44. The number of hydrogen-bond acceptors (Lipinski definition) is 2. The van der Waals surface area contributed by atoms with Crippen LogP contribution in [-0.4, -0.2) is 13.1 Å². The maximum atomic E-state index is 9.09. The molecule has 15 heavy (non-hydrogen) atoms. The lowest BCUT2D eigenvalue weighted by molar-refractivity contribution is 0.448. The van der Waals surface area contributed by atoms with Gasteiger partial charge in [0.25, 0.3) is 0 Å². The molecule has 1 aliphatic carbocycles. The molecule has 1 aromatic carbocycles. The molecule has 2 fully saturated rings. The molecule has 0 amide bonds. The molecule has 1 aromatic rings. The molecule has 1 aliphatic heterocycles. The smallest absolute Gasteiger partial charge is 0.0823 e. The summed E-state index contributed by atoms with van der Waals surface area (Å²) in [5, 5.41) is 12.4. The van der Waals surface area contributed by atoms with E-state index in [1.165, 1.54) is 11.1 Å². The van der Waals surface area contributed by atoms with Gasteiger partial charge in [-0.1, -0.05) is 24.3 Å². The highest BCUT2D eigenvalue weighted by atomic mass is 14.9. The Hall–Kier alpha value is -1.33. The van der Waals surface area contributed by atoms with Crippen LogP contribution in [0.2, 0.25) is 0 Å². The molecule has 1 heterocycles. The summed E-state index contributed by atoms with van der Waals surface area (Å²) in [5.74, 6) is 0.691. The molecule has 76 valence electrons. The van der Waals surface area contributed by atoms with Crippen molar-refractivity contribution in [3.05, 3.63) is 35.4 Å². The molecular formula is C13H14N2. The van der Waals surface area contributed by atoms with Gasteiger partial charge in [0.1, 0.15) is 0 Å². The normalized spacial score (nSPS) is 22.9. The van der Waals surface area contributed by atoms with Crippen molar-refractivity contribution in [3.63, 3.8) is 0 Å². The second kappa shape index (κ2) is 3.08. The van der Waals surface area contributed by atoms with Crippen molar-refractivity contribution in [2.24, 2.45) is 0 Å². The van der Waals surface area contributed by atoms with Crippen LogP contribution in [0.1, 0.15) is 29.9 Å². The molecular weight excluding hydrogens is 184 g/mol. The lowest BCUT2D eigenvalue weighted by atomic mass is 9.90. The standard InChI is InChI=1S/C13H14N2/c14-9-13(5-6-13)12-3-1-10(2-4-12)11-7-15-8-11/h1-4,11,15H,5-8H2. The fourth-order valence-electron chi connectivity index (χ4n) is 2.19. The van der Waals surface area contributed by atoms with Gasteiger partial charge in [-0.15, -0.1) is 0 Å². The van der Waals surface area contributed by atoms with Crippen molar-refractivity contribution < 1.29 is 0 Å². The highest BCUT2D eigenvalue weighted by Crippen LogP contribution is 2.47. The van der Waals surface area contributed by atoms with Crippen LogP contribution in [-0.2, 0) is 5.41 Å². The van der Waals surface area contributed by atoms with Crippen molar-refractivity contribution in [2.75, 3.05) is 13.1 Å². The monoisotopic (exact) mass is 198 g/mol. The third-order valence-corrected chi connectivity index (χ3v) is 3.68. The molecule has 0 spiro atoms. The number of benzene rings is 1. The van der Waals surface area contributed by atoms with Gasteiger partial charge in [0.2, 0.25) is 0 Å². The summed E-state index contributed by atoms with van der Waals surface area (Å²) in [6.07, 6.45) is 2.07. The molecule has 2 nitrogen and oxygen atoms in total. The van der Waals surface area contributed by atoms with Crippen LogP contribution in [0.15, 0.2) is 24.3 Å². The second-order valence-corrected chi connectivity index (χ2v) is 4.67. The first kappa shape index (κ1) is 8.94. The van der Waals surface area contributed by atoms with Crippen molar-refractivity contribution in [1.82, 2.24) is 5.32 Å². The number of nitrogens with one attached hydrogen (secondary N) is 1. The Morgan fingerprint density at radius 2 is 1.87 bits per heavy atom. The van der Waals surface area contributed by atoms with E-state index in [0.717, 1.165) is 25.9 Å². The highest BCUT2D eigenvalue weighted by molar-refractivity contribution is 5.40. The Morgan fingerprint density at radius 3 is 2.27 bits per heavy atom. The predicted molar refractivity (Wildman–Crippen MR) is 58.6 cm³/mol. The van der Waals surface area contributed by atoms with Crippen molar-refractivity contribution in [3.8, 4) is 6.07 Å². The lowest BCUT2D eigenvalue weighted by Crippen LogP contribution is -2.39. The van der Waals surface area contributed by atoms with E-state index < -0.39 is 0 Å². The summed E-state index contributed by atoms with van der Waals surface area (Å²) < 4.78 is 0. The Morgan fingerprint density at radius 1 is 1.20 bits per heavy atom. The largest absolute Gasteiger partial charge is 0.315 e. The van der Waals surface area contributed by atoms with E-state index in [1.807, 2.05) is 0 Å². The van der Waals surface area contributed by atoms with E-state index in [1.54, 1.807) is 0 Å². The Bertz CT molecular complexity index is 405. The van der Waals surface area contributed by atoms with Crippen LogP contribution in [0.3, 0.4) is 0 Å². The molecule has 1 N–H and O–H groups in total. The van der Waals surface area contributed by atoms with Gasteiger partial charge in [0, 0.05) is 19.0 Å². The van der Waals surface area contributed by atoms with Gasteiger partial charge in [0.15, 0.2) is 0 Å². The Labute approximate surface area is 89.9 Å². The van der Waals surface area contributed by atoms with E-state index in [4.69, 9.17) is 5.26 Å². The van der Waals surface area contributed by atoms with Gasteiger partial charge < -0.3 is 5.32 Å². The van der Waals surface area contributed by atoms with Crippen molar-refractivity contribution in [1.29, 1.82) is 5.26 Å². The van der Waals surface area contributed by atoms with Crippen LogP contribution in [0, 0.1) is 11.3 Å². The minimum atomic E-state index is -0.129. The molecule has 3 rings (SSSR count). The maximum absolute atomic E-state index is 9.09. The van der Waals surface area contributed by atoms with Crippen molar-refractivity contribution >= 4 is 0 Å². The minimum Gasteiger partial charge on any atom is -0.315 e. The van der Waals surface area contributed by atoms with Gasteiger partial charge >= 0.3 is 0 Å². The fourth-order valence-corrected chi connectivity index (χ4v) is 2.19. The maximum Gasteiger partial charge on any atom is 0.0823 e. The van der Waals surface area contributed by atoms with E-state index in [0.29, 0.717) is 5.92 Å². The average molecular weight is 198 g/mol.